The van der Waals surface area contributed by atoms with Gasteiger partial charge in [-0.25, -0.2) is 0 Å². The summed E-state index contributed by atoms with van der Waals surface area (Å²) in [4.78, 5) is 15.8. The minimum Gasteiger partial charge on any atom is -0.350 e. The molecular formula is C15H20N2O. The van der Waals surface area contributed by atoms with E-state index in [0.717, 1.165) is 6.42 Å². The zero-order chi connectivity index (χ0) is 12.6. The van der Waals surface area contributed by atoms with Crippen LogP contribution in [0.3, 0.4) is 0 Å². The van der Waals surface area contributed by atoms with Gasteiger partial charge >= 0.3 is 0 Å². The molecule has 1 heterocycles. The number of nitrogens with zero attached hydrogens (tertiary/aromatic N) is 1. The molecule has 0 radical (unpaired) electrons. The second-order valence-electron chi connectivity index (χ2n) is 4.68. The van der Waals surface area contributed by atoms with E-state index in [0.29, 0.717) is 12.2 Å². The number of hydrogen-bond donors (Lipinski definition) is 1. The van der Waals surface area contributed by atoms with E-state index in [1.54, 1.807) is 12.3 Å². The molecule has 3 heteroatoms. The fraction of sp³-hybridized carbons (Fsp3) is 0.467. The molecule has 0 aliphatic heterocycles. The minimum atomic E-state index is -0.0789. The molecule has 0 saturated carbocycles. The second-order valence-corrected chi connectivity index (χ2v) is 4.68. The summed E-state index contributed by atoms with van der Waals surface area (Å²) in [6, 6.07) is 5.38. The molecule has 2 rings (SSSR count). The summed E-state index contributed by atoms with van der Waals surface area (Å²) in [7, 11) is 0. The largest absolute Gasteiger partial charge is 0.350 e. The number of pyridine rings is 1. The van der Waals surface area contributed by atoms with Crippen LogP contribution in [0.1, 0.15) is 49.0 Å². The van der Waals surface area contributed by atoms with E-state index in [1.807, 2.05) is 12.1 Å². The summed E-state index contributed by atoms with van der Waals surface area (Å²) in [5.41, 5.74) is 1.99. The first-order valence-corrected chi connectivity index (χ1v) is 6.73. The first-order valence-electron chi connectivity index (χ1n) is 6.73. The molecule has 0 fully saturated rings. The van der Waals surface area contributed by atoms with Gasteiger partial charge in [0.1, 0.15) is 5.69 Å². The fourth-order valence-electron chi connectivity index (χ4n) is 2.23. The molecule has 1 amide bonds. The maximum absolute atomic E-state index is 11.8. The lowest BCUT2D eigenvalue weighted by Gasteiger charge is -2.07. The molecule has 1 aliphatic rings. The average molecular weight is 244 g/mol. The summed E-state index contributed by atoms with van der Waals surface area (Å²) in [5.74, 6) is -0.0789. The lowest BCUT2D eigenvalue weighted by atomic mass is 10.1. The van der Waals surface area contributed by atoms with Crippen molar-refractivity contribution in [3.63, 3.8) is 0 Å². The van der Waals surface area contributed by atoms with Crippen LogP contribution >= 0.6 is 0 Å². The van der Waals surface area contributed by atoms with Crippen molar-refractivity contribution in [2.45, 2.75) is 38.5 Å². The number of allylic oxidation sites excluding steroid dienone is 1. The van der Waals surface area contributed by atoms with Gasteiger partial charge < -0.3 is 5.32 Å². The Morgan fingerprint density at radius 3 is 3.06 bits per heavy atom. The van der Waals surface area contributed by atoms with Crippen molar-refractivity contribution in [3.8, 4) is 0 Å². The van der Waals surface area contributed by atoms with E-state index in [4.69, 9.17) is 0 Å². The van der Waals surface area contributed by atoms with Crippen molar-refractivity contribution in [1.82, 2.24) is 10.3 Å². The van der Waals surface area contributed by atoms with Gasteiger partial charge in [-0.15, -0.1) is 0 Å². The number of carbonyl (C=O) groups is 1. The predicted octanol–water partition coefficient (Wildman–Crippen LogP) is 3.09. The Balaban J connectivity index is 1.75. The van der Waals surface area contributed by atoms with Crippen molar-refractivity contribution in [2.75, 3.05) is 6.54 Å². The molecule has 1 aliphatic carbocycles. The van der Waals surface area contributed by atoms with Crippen LogP contribution in [0.5, 0.6) is 0 Å². The van der Waals surface area contributed by atoms with E-state index < -0.39 is 0 Å². The number of carbonyl (C=O) groups excluding carboxylic acids is 1. The zero-order valence-electron chi connectivity index (χ0n) is 10.7. The SMILES string of the molecule is O=C(NCCC1=CCCCCC1)c1ccccn1. The molecule has 3 nitrogen and oxygen atoms in total. The predicted molar refractivity (Wildman–Crippen MR) is 72.4 cm³/mol. The van der Waals surface area contributed by atoms with Crippen LogP contribution in [-0.4, -0.2) is 17.4 Å². The molecule has 1 N–H and O–H groups in total. The first-order chi connectivity index (χ1) is 8.86. The average Bonchev–Trinajstić information content (AvgIpc) is 2.68. The van der Waals surface area contributed by atoms with Crippen LogP contribution in [0.4, 0.5) is 0 Å². The Hall–Kier alpha value is -1.64. The quantitative estimate of drug-likeness (QED) is 0.827. The van der Waals surface area contributed by atoms with E-state index in [9.17, 15) is 4.79 Å². The third-order valence-electron chi connectivity index (χ3n) is 3.26. The fourth-order valence-corrected chi connectivity index (χ4v) is 2.23. The summed E-state index contributed by atoms with van der Waals surface area (Å²) in [6.07, 6.45) is 11.3. The van der Waals surface area contributed by atoms with Gasteiger partial charge in [-0.1, -0.05) is 24.1 Å². The highest BCUT2D eigenvalue weighted by Crippen LogP contribution is 2.19. The molecular weight excluding hydrogens is 224 g/mol. The van der Waals surface area contributed by atoms with E-state index in [-0.39, 0.29) is 5.91 Å². The Bertz CT molecular complexity index is 412. The molecule has 0 aromatic carbocycles. The molecule has 0 saturated heterocycles. The molecule has 1 aromatic rings. The smallest absolute Gasteiger partial charge is 0.269 e. The number of rotatable bonds is 4. The highest BCUT2D eigenvalue weighted by Gasteiger charge is 2.06. The lowest BCUT2D eigenvalue weighted by molar-refractivity contribution is 0.0949. The molecule has 1 aromatic heterocycles. The van der Waals surface area contributed by atoms with E-state index in [1.165, 1.54) is 37.7 Å². The Morgan fingerprint density at radius 2 is 2.22 bits per heavy atom. The third kappa shape index (κ3) is 3.99. The van der Waals surface area contributed by atoms with Gasteiger partial charge in [-0.2, -0.15) is 0 Å². The Labute approximate surface area is 108 Å². The summed E-state index contributed by atoms with van der Waals surface area (Å²) < 4.78 is 0. The van der Waals surface area contributed by atoms with Gasteiger partial charge in [-0.05, 0) is 44.2 Å². The number of hydrogen-bond acceptors (Lipinski definition) is 2. The van der Waals surface area contributed by atoms with Crippen LogP contribution < -0.4 is 5.32 Å². The standard InChI is InChI=1S/C15H20N2O/c18-15(14-9-5-6-11-16-14)17-12-10-13-7-3-1-2-4-8-13/h5-7,9,11H,1-4,8,10,12H2,(H,17,18). The molecule has 0 unspecified atom stereocenters. The highest BCUT2D eigenvalue weighted by molar-refractivity contribution is 5.92. The molecule has 0 spiro atoms. The molecule has 0 bridgehead atoms. The van der Waals surface area contributed by atoms with E-state index in [2.05, 4.69) is 16.4 Å². The summed E-state index contributed by atoms with van der Waals surface area (Å²) >= 11 is 0. The maximum atomic E-state index is 11.8. The van der Waals surface area contributed by atoms with Crippen molar-refractivity contribution in [1.29, 1.82) is 0 Å². The zero-order valence-corrected chi connectivity index (χ0v) is 10.7. The van der Waals surface area contributed by atoms with Gasteiger partial charge in [-0.3, -0.25) is 9.78 Å². The lowest BCUT2D eigenvalue weighted by Crippen LogP contribution is -2.25. The monoisotopic (exact) mass is 244 g/mol. The van der Waals surface area contributed by atoms with Crippen LogP contribution in [0, 0.1) is 0 Å². The third-order valence-corrected chi connectivity index (χ3v) is 3.26. The van der Waals surface area contributed by atoms with Crippen LogP contribution in [-0.2, 0) is 0 Å². The van der Waals surface area contributed by atoms with Crippen LogP contribution in [0.2, 0.25) is 0 Å². The van der Waals surface area contributed by atoms with Gasteiger partial charge in [0.05, 0.1) is 0 Å². The molecule has 18 heavy (non-hydrogen) atoms. The van der Waals surface area contributed by atoms with Gasteiger partial charge in [0.2, 0.25) is 0 Å². The topological polar surface area (TPSA) is 42.0 Å². The van der Waals surface area contributed by atoms with Gasteiger partial charge in [0.25, 0.3) is 5.91 Å². The van der Waals surface area contributed by atoms with E-state index >= 15 is 0 Å². The summed E-state index contributed by atoms with van der Waals surface area (Å²) in [6.45, 7) is 0.710. The van der Waals surface area contributed by atoms with Crippen molar-refractivity contribution >= 4 is 5.91 Å². The maximum Gasteiger partial charge on any atom is 0.269 e. The van der Waals surface area contributed by atoms with Crippen LogP contribution in [0.15, 0.2) is 36.0 Å². The summed E-state index contributed by atoms with van der Waals surface area (Å²) in [5, 5.41) is 2.92. The molecule has 96 valence electrons. The highest BCUT2D eigenvalue weighted by atomic mass is 16.1. The Morgan fingerprint density at radius 1 is 1.28 bits per heavy atom. The minimum absolute atomic E-state index is 0.0789. The van der Waals surface area contributed by atoms with Gasteiger partial charge in [0.15, 0.2) is 0 Å². The van der Waals surface area contributed by atoms with Crippen molar-refractivity contribution in [3.05, 3.63) is 41.7 Å². The number of nitrogens with one attached hydrogen (secondary N) is 1. The molecule has 0 atom stereocenters. The number of amides is 1. The second kappa shape index (κ2) is 6.94. The first kappa shape index (κ1) is 12.8. The van der Waals surface area contributed by atoms with Crippen molar-refractivity contribution < 1.29 is 4.79 Å². The van der Waals surface area contributed by atoms with Crippen LogP contribution in [0.25, 0.3) is 0 Å². The normalized spacial score (nSPS) is 15.7. The van der Waals surface area contributed by atoms with Crippen molar-refractivity contribution in [2.24, 2.45) is 0 Å². The Kier molecular flexibility index (Phi) is 4.94. The number of aromatic nitrogens is 1. The van der Waals surface area contributed by atoms with Gasteiger partial charge in [0, 0.05) is 12.7 Å².